The van der Waals surface area contributed by atoms with Gasteiger partial charge in [-0.2, -0.15) is 0 Å². The number of hydrogen-bond acceptors (Lipinski definition) is 3. The number of anilines is 1. The lowest BCUT2D eigenvalue weighted by atomic mass is 10.1. The Kier molecular flexibility index (Phi) is 6.45. The minimum absolute atomic E-state index is 0.209. The maximum absolute atomic E-state index is 13.2. The summed E-state index contributed by atoms with van der Waals surface area (Å²) in [5.74, 6) is 0.323. The third-order valence-electron chi connectivity index (χ3n) is 4.42. The van der Waals surface area contributed by atoms with Crippen LogP contribution in [0.15, 0.2) is 41.5 Å². The van der Waals surface area contributed by atoms with Gasteiger partial charge in [0.15, 0.2) is 5.96 Å². The Morgan fingerprint density at radius 1 is 1.33 bits per heavy atom. The first-order valence-corrected chi connectivity index (χ1v) is 9.20. The van der Waals surface area contributed by atoms with E-state index in [0.29, 0.717) is 29.5 Å². The number of benzene rings is 1. The normalized spacial score (nSPS) is 17.3. The highest BCUT2D eigenvalue weighted by molar-refractivity contribution is 6.32. The molecule has 0 saturated carbocycles. The molecule has 2 aromatic rings. The molecule has 0 aliphatic carbocycles. The van der Waals surface area contributed by atoms with E-state index in [1.165, 1.54) is 12.1 Å². The molecule has 1 atom stereocenters. The van der Waals surface area contributed by atoms with Crippen LogP contribution in [-0.4, -0.2) is 43.7 Å². The molecule has 1 aliphatic rings. The summed E-state index contributed by atoms with van der Waals surface area (Å²) in [6.07, 6.45) is 3.16. The number of aliphatic imine (C=N–C) groups is 1. The van der Waals surface area contributed by atoms with Gasteiger partial charge in [-0.15, -0.1) is 0 Å². The standard InChI is InChI=1S/C19H22ClF2N5/c1-23-19(25-7-4-13-9-14(21)11-15(22)10-13)26-16-5-8-27(12-16)18-17(20)3-2-6-24-18/h2-3,6,9-11,16H,4-5,7-8,12H2,1H3,(H2,23,25,26). The van der Waals surface area contributed by atoms with Crippen LogP contribution in [0.5, 0.6) is 0 Å². The molecule has 0 radical (unpaired) electrons. The van der Waals surface area contributed by atoms with Crippen LogP contribution in [0, 0.1) is 11.6 Å². The quantitative estimate of drug-likeness (QED) is 0.605. The SMILES string of the molecule is CN=C(NCCc1cc(F)cc(F)c1)NC1CCN(c2ncccc2Cl)C1. The summed E-state index contributed by atoms with van der Waals surface area (Å²) < 4.78 is 26.5. The van der Waals surface area contributed by atoms with E-state index in [1.807, 2.05) is 12.1 Å². The van der Waals surface area contributed by atoms with Crippen molar-refractivity contribution in [3.8, 4) is 0 Å². The summed E-state index contributed by atoms with van der Waals surface area (Å²) in [6.45, 7) is 2.14. The number of guanidine groups is 1. The highest BCUT2D eigenvalue weighted by Gasteiger charge is 2.25. The summed E-state index contributed by atoms with van der Waals surface area (Å²) in [6, 6.07) is 7.41. The van der Waals surface area contributed by atoms with Crippen molar-refractivity contribution >= 4 is 23.4 Å². The molecule has 2 N–H and O–H groups in total. The van der Waals surface area contributed by atoms with E-state index in [9.17, 15) is 8.78 Å². The molecule has 1 saturated heterocycles. The number of aromatic nitrogens is 1. The van der Waals surface area contributed by atoms with Gasteiger partial charge in [0.2, 0.25) is 0 Å². The lowest BCUT2D eigenvalue weighted by Crippen LogP contribution is -2.45. The van der Waals surface area contributed by atoms with E-state index in [0.717, 1.165) is 31.4 Å². The van der Waals surface area contributed by atoms with Gasteiger partial charge >= 0.3 is 0 Å². The minimum atomic E-state index is -0.563. The second kappa shape index (κ2) is 8.99. The Morgan fingerprint density at radius 3 is 2.81 bits per heavy atom. The molecule has 1 aromatic heterocycles. The smallest absolute Gasteiger partial charge is 0.191 e. The van der Waals surface area contributed by atoms with Gasteiger partial charge in [0, 0.05) is 45.0 Å². The largest absolute Gasteiger partial charge is 0.356 e. The van der Waals surface area contributed by atoms with Crippen LogP contribution in [0.1, 0.15) is 12.0 Å². The lowest BCUT2D eigenvalue weighted by Gasteiger charge is -2.20. The number of rotatable bonds is 5. The average molecular weight is 394 g/mol. The first-order valence-electron chi connectivity index (χ1n) is 8.83. The highest BCUT2D eigenvalue weighted by atomic mass is 35.5. The highest BCUT2D eigenvalue weighted by Crippen LogP contribution is 2.25. The van der Waals surface area contributed by atoms with Gasteiger partial charge in [0.25, 0.3) is 0 Å². The molecule has 1 unspecified atom stereocenters. The molecule has 2 heterocycles. The molecule has 144 valence electrons. The van der Waals surface area contributed by atoms with E-state index in [2.05, 4.69) is 25.5 Å². The van der Waals surface area contributed by atoms with Crippen LogP contribution in [-0.2, 0) is 6.42 Å². The Balaban J connectivity index is 1.49. The first-order chi connectivity index (χ1) is 13.0. The zero-order chi connectivity index (χ0) is 19.2. The molecular weight excluding hydrogens is 372 g/mol. The Bertz CT molecular complexity index is 794. The maximum atomic E-state index is 13.2. The Hall–Kier alpha value is -2.41. The molecule has 5 nitrogen and oxygen atoms in total. The van der Waals surface area contributed by atoms with Crippen LogP contribution in [0.25, 0.3) is 0 Å². The summed E-state index contributed by atoms with van der Waals surface area (Å²) in [5.41, 5.74) is 0.604. The van der Waals surface area contributed by atoms with Crippen molar-refractivity contribution in [3.63, 3.8) is 0 Å². The lowest BCUT2D eigenvalue weighted by molar-refractivity contribution is 0.579. The third kappa shape index (κ3) is 5.29. The third-order valence-corrected chi connectivity index (χ3v) is 4.71. The number of nitrogens with one attached hydrogen (secondary N) is 2. The minimum Gasteiger partial charge on any atom is -0.356 e. The Labute approximate surface area is 162 Å². The molecule has 1 fully saturated rings. The molecular formula is C19H22ClF2N5. The topological polar surface area (TPSA) is 52.6 Å². The molecule has 3 rings (SSSR count). The fourth-order valence-electron chi connectivity index (χ4n) is 3.15. The van der Waals surface area contributed by atoms with E-state index < -0.39 is 11.6 Å². The molecule has 0 bridgehead atoms. The fourth-order valence-corrected chi connectivity index (χ4v) is 3.39. The van der Waals surface area contributed by atoms with E-state index in [1.54, 1.807) is 13.2 Å². The van der Waals surface area contributed by atoms with Crippen LogP contribution < -0.4 is 15.5 Å². The zero-order valence-electron chi connectivity index (χ0n) is 15.1. The molecule has 1 aromatic carbocycles. The second-order valence-electron chi connectivity index (χ2n) is 6.41. The molecule has 0 spiro atoms. The monoisotopic (exact) mass is 393 g/mol. The number of nitrogens with zero attached hydrogens (tertiary/aromatic N) is 3. The molecule has 8 heteroatoms. The summed E-state index contributed by atoms with van der Waals surface area (Å²) in [7, 11) is 1.69. The molecule has 0 amide bonds. The summed E-state index contributed by atoms with van der Waals surface area (Å²) in [4.78, 5) is 10.7. The summed E-state index contributed by atoms with van der Waals surface area (Å²) >= 11 is 6.22. The number of pyridine rings is 1. The van der Waals surface area contributed by atoms with Crippen LogP contribution in [0.2, 0.25) is 5.02 Å². The first kappa shape index (κ1) is 19.4. The van der Waals surface area contributed by atoms with Crippen molar-refractivity contribution in [1.29, 1.82) is 0 Å². The van der Waals surface area contributed by atoms with Gasteiger partial charge in [0.1, 0.15) is 17.5 Å². The van der Waals surface area contributed by atoms with Crippen molar-refractivity contribution in [1.82, 2.24) is 15.6 Å². The molecule has 27 heavy (non-hydrogen) atoms. The number of halogens is 3. The van der Waals surface area contributed by atoms with Gasteiger partial charge in [-0.3, -0.25) is 4.99 Å². The van der Waals surface area contributed by atoms with Crippen molar-refractivity contribution in [2.75, 3.05) is 31.6 Å². The van der Waals surface area contributed by atoms with Crippen LogP contribution in [0.4, 0.5) is 14.6 Å². The summed E-state index contributed by atoms with van der Waals surface area (Å²) in [5, 5.41) is 7.20. The van der Waals surface area contributed by atoms with Crippen molar-refractivity contribution in [3.05, 3.63) is 58.7 Å². The predicted octanol–water partition coefficient (Wildman–Crippen LogP) is 3.00. The van der Waals surface area contributed by atoms with Crippen LogP contribution in [0.3, 0.4) is 0 Å². The fraction of sp³-hybridized carbons (Fsp3) is 0.368. The zero-order valence-corrected chi connectivity index (χ0v) is 15.8. The van der Waals surface area contributed by atoms with Gasteiger partial charge in [0.05, 0.1) is 5.02 Å². The maximum Gasteiger partial charge on any atom is 0.191 e. The Morgan fingerprint density at radius 2 is 2.11 bits per heavy atom. The van der Waals surface area contributed by atoms with Gasteiger partial charge in [-0.1, -0.05) is 11.6 Å². The van der Waals surface area contributed by atoms with Gasteiger partial charge in [-0.25, -0.2) is 13.8 Å². The van der Waals surface area contributed by atoms with Crippen molar-refractivity contribution < 1.29 is 8.78 Å². The van der Waals surface area contributed by atoms with Gasteiger partial charge in [-0.05, 0) is 42.7 Å². The molecule has 1 aliphatic heterocycles. The van der Waals surface area contributed by atoms with Crippen molar-refractivity contribution in [2.45, 2.75) is 18.9 Å². The van der Waals surface area contributed by atoms with Crippen LogP contribution >= 0.6 is 11.6 Å². The average Bonchev–Trinajstić information content (AvgIpc) is 3.08. The van der Waals surface area contributed by atoms with E-state index in [4.69, 9.17) is 11.6 Å². The number of hydrogen-bond donors (Lipinski definition) is 2. The van der Waals surface area contributed by atoms with Crippen molar-refractivity contribution in [2.24, 2.45) is 4.99 Å². The van der Waals surface area contributed by atoms with E-state index in [-0.39, 0.29) is 6.04 Å². The van der Waals surface area contributed by atoms with Gasteiger partial charge < -0.3 is 15.5 Å². The van der Waals surface area contributed by atoms with E-state index >= 15 is 0 Å². The predicted molar refractivity (Wildman–Crippen MR) is 104 cm³/mol. The second-order valence-corrected chi connectivity index (χ2v) is 6.82.